The molecule has 5 nitrogen and oxygen atoms in total. The standard InChI is InChI=1S/C41H44N4O/c1-25-18-19-42-37(22-25)44-35-15-10-9-14-33(35)34-17-16-31(24-36(34)44)46-32-21-26(2)20-30(23-32)45-40(41(6,7)8)39(29(5)43-45)38-27(3)12-11-13-28(38)4/h9-10,12,14-24,28,38H,11,13H2,1-8H3/t28-,38+/m0/s1. The van der Waals surface area contributed by atoms with Crippen molar-refractivity contribution in [3.05, 3.63) is 119 Å². The lowest BCUT2D eigenvalue weighted by Crippen LogP contribution is -2.24. The lowest BCUT2D eigenvalue weighted by atomic mass is 9.72. The molecule has 7 rings (SSSR count). The molecule has 0 aliphatic heterocycles. The first kappa shape index (κ1) is 30.0. The molecule has 0 fully saturated rings. The number of para-hydroxylation sites is 1. The summed E-state index contributed by atoms with van der Waals surface area (Å²) in [7, 11) is 0. The van der Waals surface area contributed by atoms with E-state index in [1.165, 1.54) is 39.6 Å². The number of hydrogen-bond acceptors (Lipinski definition) is 3. The minimum atomic E-state index is -0.0961. The maximum Gasteiger partial charge on any atom is 0.137 e. The number of hydrogen-bond donors (Lipinski definition) is 0. The van der Waals surface area contributed by atoms with Gasteiger partial charge < -0.3 is 4.74 Å². The zero-order valence-corrected chi connectivity index (χ0v) is 28.3. The van der Waals surface area contributed by atoms with Gasteiger partial charge in [-0.2, -0.15) is 5.10 Å². The smallest absolute Gasteiger partial charge is 0.137 e. The van der Waals surface area contributed by atoms with E-state index in [-0.39, 0.29) is 5.41 Å². The van der Waals surface area contributed by atoms with Crippen LogP contribution in [-0.4, -0.2) is 19.3 Å². The summed E-state index contributed by atoms with van der Waals surface area (Å²) in [5.74, 6) is 3.45. The normalized spacial score (nSPS) is 17.1. The molecule has 3 aromatic heterocycles. The van der Waals surface area contributed by atoms with Crippen molar-refractivity contribution in [3.63, 3.8) is 0 Å². The molecule has 0 spiro atoms. The Morgan fingerprint density at radius 2 is 1.59 bits per heavy atom. The third kappa shape index (κ3) is 5.22. The van der Waals surface area contributed by atoms with Gasteiger partial charge in [0.1, 0.15) is 17.3 Å². The van der Waals surface area contributed by atoms with E-state index < -0.39 is 0 Å². The second-order valence-corrected chi connectivity index (χ2v) is 14.3. The summed E-state index contributed by atoms with van der Waals surface area (Å²) < 4.78 is 11.1. The number of benzene rings is 3. The quantitative estimate of drug-likeness (QED) is 0.183. The van der Waals surface area contributed by atoms with Gasteiger partial charge in [-0.05, 0) is 100 Å². The Morgan fingerprint density at radius 3 is 2.35 bits per heavy atom. The second kappa shape index (κ2) is 11.3. The fourth-order valence-corrected chi connectivity index (χ4v) is 7.60. The van der Waals surface area contributed by atoms with Crippen LogP contribution in [0.1, 0.15) is 81.5 Å². The number of aromatic nitrogens is 4. The van der Waals surface area contributed by atoms with E-state index in [0.29, 0.717) is 11.8 Å². The Morgan fingerprint density at radius 1 is 0.804 bits per heavy atom. The highest BCUT2D eigenvalue weighted by Gasteiger charge is 2.35. The number of rotatable bonds is 5. The molecule has 0 N–H and O–H groups in total. The van der Waals surface area contributed by atoms with Crippen molar-refractivity contribution in [1.82, 2.24) is 19.3 Å². The lowest BCUT2D eigenvalue weighted by Gasteiger charge is -2.32. The van der Waals surface area contributed by atoms with Crippen LogP contribution in [0.25, 0.3) is 33.3 Å². The minimum absolute atomic E-state index is 0.0961. The molecule has 46 heavy (non-hydrogen) atoms. The van der Waals surface area contributed by atoms with Crippen molar-refractivity contribution in [3.8, 4) is 23.0 Å². The molecule has 0 saturated heterocycles. The number of pyridine rings is 1. The highest BCUT2D eigenvalue weighted by molar-refractivity contribution is 6.09. The summed E-state index contributed by atoms with van der Waals surface area (Å²) in [6.45, 7) is 18.0. The van der Waals surface area contributed by atoms with Crippen molar-refractivity contribution in [2.75, 3.05) is 0 Å². The van der Waals surface area contributed by atoms with E-state index in [4.69, 9.17) is 14.8 Å². The molecule has 0 amide bonds. The zero-order chi connectivity index (χ0) is 32.3. The number of nitrogens with zero attached hydrogens (tertiary/aromatic N) is 4. The van der Waals surface area contributed by atoms with Gasteiger partial charge in [-0.25, -0.2) is 9.67 Å². The molecular formula is C41H44N4O. The fourth-order valence-electron chi connectivity index (χ4n) is 7.60. The molecular weight excluding hydrogens is 564 g/mol. The summed E-state index contributed by atoms with van der Waals surface area (Å²) in [6.07, 6.45) is 6.68. The van der Waals surface area contributed by atoms with Crippen molar-refractivity contribution in [1.29, 1.82) is 0 Å². The van der Waals surface area contributed by atoms with Crippen LogP contribution in [0, 0.1) is 26.7 Å². The molecule has 1 aliphatic carbocycles. The van der Waals surface area contributed by atoms with Gasteiger partial charge in [0.2, 0.25) is 0 Å². The zero-order valence-electron chi connectivity index (χ0n) is 28.3. The van der Waals surface area contributed by atoms with E-state index in [1.807, 2.05) is 12.3 Å². The molecule has 0 saturated carbocycles. The molecule has 234 valence electrons. The number of fused-ring (bicyclic) bond motifs is 3. The van der Waals surface area contributed by atoms with Crippen LogP contribution in [0.4, 0.5) is 0 Å². The number of allylic oxidation sites excluding steroid dienone is 2. The topological polar surface area (TPSA) is 44.9 Å². The van der Waals surface area contributed by atoms with Crippen LogP contribution in [0.2, 0.25) is 0 Å². The van der Waals surface area contributed by atoms with Crippen LogP contribution in [0.5, 0.6) is 11.5 Å². The van der Waals surface area contributed by atoms with Crippen molar-refractivity contribution >= 4 is 21.8 Å². The molecule has 6 aromatic rings. The highest BCUT2D eigenvalue weighted by Crippen LogP contribution is 2.45. The largest absolute Gasteiger partial charge is 0.457 e. The van der Waals surface area contributed by atoms with Crippen molar-refractivity contribution < 1.29 is 4.74 Å². The molecule has 0 radical (unpaired) electrons. The third-order valence-electron chi connectivity index (χ3n) is 9.57. The van der Waals surface area contributed by atoms with Gasteiger partial charge in [0.05, 0.1) is 28.1 Å². The van der Waals surface area contributed by atoms with Crippen LogP contribution >= 0.6 is 0 Å². The summed E-state index contributed by atoms with van der Waals surface area (Å²) >= 11 is 0. The average Bonchev–Trinajstić information content (AvgIpc) is 3.51. The Kier molecular flexibility index (Phi) is 7.38. The maximum absolute atomic E-state index is 6.67. The van der Waals surface area contributed by atoms with Crippen LogP contribution in [-0.2, 0) is 5.41 Å². The Hall–Kier alpha value is -4.64. The van der Waals surface area contributed by atoms with E-state index in [2.05, 4.69) is 137 Å². The predicted octanol–water partition coefficient (Wildman–Crippen LogP) is 10.8. The first-order chi connectivity index (χ1) is 22.0. The van der Waals surface area contributed by atoms with Gasteiger partial charge in [0.25, 0.3) is 0 Å². The van der Waals surface area contributed by atoms with Crippen LogP contribution in [0.3, 0.4) is 0 Å². The predicted molar refractivity (Wildman–Crippen MR) is 190 cm³/mol. The second-order valence-electron chi connectivity index (χ2n) is 14.3. The Balaban J connectivity index is 1.33. The van der Waals surface area contributed by atoms with Gasteiger partial charge in [-0.3, -0.25) is 4.57 Å². The van der Waals surface area contributed by atoms with Crippen LogP contribution < -0.4 is 4.74 Å². The summed E-state index contributed by atoms with van der Waals surface area (Å²) in [6, 6.07) is 25.5. The SMILES string of the molecule is CC1=CCC[C@H](C)[C@@H]1c1c(C)nn(-c2cc(C)cc(Oc3ccc4c5ccccc5n(-c5cc(C)ccn5)c4c3)c2)c1C(C)(C)C. The molecule has 0 unspecified atom stereocenters. The molecule has 3 heterocycles. The fraction of sp³-hybridized carbons (Fsp3) is 0.317. The van der Waals surface area contributed by atoms with Crippen molar-refractivity contribution in [2.45, 2.75) is 79.6 Å². The Labute approximate surface area is 272 Å². The van der Waals surface area contributed by atoms with E-state index >= 15 is 0 Å². The Bertz CT molecular complexity index is 2140. The third-order valence-corrected chi connectivity index (χ3v) is 9.57. The highest BCUT2D eigenvalue weighted by atomic mass is 16.5. The molecule has 5 heteroatoms. The molecule has 2 atom stereocenters. The van der Waals surface area contributed by atoms with Gasteiger partial charge in [0.15, 0.2) is 0 Å². The van der Waals surface area contributed by atoms with E-state index in [0.717, 1.165) is 51.7 Å². The number of ether oxygens (including phenoxy) is 1. The molecule has 3 aromatic carbocycles. The van der Waals surface area contributed by atoms with Gasteiger partial charge >= 0.3 is 0 Å². The monoisotopic (exact) mass is 608 g/mol. The lowest BCUT2D eigenvalue weighted by molar-refractivity contribution is 0.437. The molecule has 1 aliphatic rings. The first-order valence-electron chi connectivity index (χ1n) is 16.5. The minimum Gasteiger partial charge on any atom is -0.457 e. The van der Waals surface area contributed by atoms with Gasteiger partial charge in [0, 0.05) is 46.0 Å². The van der Waals surface area contributed by atoms with Crippen LogP contribution in [0.15, 0.2) is 90.6 Å². The summed E-state index contributed by atoms with van der Waals surface area (Å²) in [5.41, 5.74) is 10.7. The molecule has 0 bridgehead atoms. The van der Waals surface area contributed by atoms with Gasteiger partial charge in [-0.1, -0.05) is 57.5 Å². The number of aryl methyl sites for hydroxylation is 3. The van der Waals surface area contributed by atoms with E-state index in [1.54, 1.807) is 0 Å². The first-order valence-corrected chi connectivity index (χ1v) is 16.5. The van der Waals surface area contributed by atoms with E-state index in [9.17, 15) is 0 Å². The van der Waals surface area contributed by atoms with Crippen molar-refractivity contribution in [2.24, 2.45) is 5.92 Å². The summed E-state index contributed by atoms with van der Waals surface area (Å²) in [5, 5.41) is 7.59. The van der Waals surface area contributed by atoms with Gasteiger partial charge in [-0.15, -0.1) is 0 Å². The maximum atomic E-state index is 6.67. The average molecular weight is 609 g/mol. The summed E-state index contributed by atoms with van der Waals surface area (Å²) in [4.78, 5) is 4.74.